The fourth-order valence-corrected chi connectivity index (χ4v) is 3.15. The lowest BCUT2D eigenvalue weighted by atomic mass is 10.1. The normalized spacial score (nSPS) is 12.5. The highest BCUT2D eigenvalue weighted by Crippen LogP contribution is 2.23. The van der Waals surface area contributed by atoms with Crippen LogP contribution in [0.25, 0.3) is 10.9 Å². The Labute approximate surface area is 140 Å². The molecule has 0 atom stereocenters. The predicted molar refractivity (Wildman–Crippen MR) is 91.0 cm³/mol. The molecule has 3 aromatic rings. The summed E-state index contributed by atoms with van der Waals surface area (Å²) in [5, 5.41) is 15.5. The van der Waals surface area contributed by atoms with Crippen LogP contribution in [0.1, 0.15) is 21.1 Å². The average Bonchev–Trinajstić information content (AvgIpc) is 3.14. The van der Waals surface area contributed by atoms with Crippen LogP contribution >= 0.6 is 11.3 Å². The maximum absolute atomic E-state index is 11.4. The standard InChI is InChI=1S/C14H12N4O4S2/c1-24(21,22)18-17-12(13-16-11(7-23-13)14(19)20)9-6-15-10-5-3-2-4-8(9)10/h2-7,15,18H,1H3,(H,19,20)/b17-12-. The Hall–Kier alpha value is -2.72. The van der Waals surface area contributed by atoms with Crippen molar-refractivity contribution in [2.45, 2.75) is 0 Å². The molecule has 2 aromatic heterocycles. The second kappa shape index (κ2) is 6.06. The van der Waals surface area contributed by atoms with Gasteiger partial charge in [0.25, 0.3) is 0 Å². The average molecular weight is 364 g/mol. The molecule has 10 heteroatoms. The summed E-state index contributed by atoms with van der Waals surface area (Å²) in [7, 11) is -3.57. The number of nitrogens with one attached hydrogen (secondary N) is 2. The van der Waals surface area contributed by atoms with Gasteiger partial charge in [0, 0.05) is 28.0 Å². The minimum Gasteiger partial charge on any atom is -0.476 e. The molecule has 0 aliphatic carbocycles. The van der Waals surface area contributed by atoms with Crippen molar-refractivity contribution in [1.29, 1.82) is 0 Å². The van der Waals surface area contributed by atoms with Crippen molar-refractivity contribution in [2.75, 3.05) is 6.26 Å². The van der Waals surface area contributed by atoms with Crippen molar-refractivity contribution in [3.8, 4) is 0 Å². The molecule has 0 aliphatic rings. The Morgan fingerprint density at radius 1 is 1.38 bits per heavy atom. The third-order valence-corrected chi connectivity index (χ3v) is 4.37. The summed E-state index contributed by atoms with van der Waals surface area (Å²) in [5.74, 6) is -1.16. The number of para-hydroxylation sites is 1. The number of hydrogen-bond donors (Lipinski definition) is 3. The van der Waals surface area contributed by atoms with Gasteiger partial charge in [-0.2, -0.15) is 5.10 Å². The molecule has 0 saturated carbocycles. The van der Waals surface area contributed by atoms with Crippen LogP contribution in [-0.2, 0) is 10.0 Å². The summed E-state index contributed by atoms with van der Waals surface area (Å²) in [6, 6.07) is 7.42. The summed E-state index contributed by atoms with van der Waals surface area (Å²) in [4.78, 5) is 20.2. The molecule has 3 N–H and O–H groups in total. The highest BCUT2D eigenvalue weighted by atomic mass is 32.2. The number of aromatic carboxylic acids is 1. The molecule has 0 amide bonds. The van der Waals surface area contributed by atoms with E-state index in [-0.39, 0.29) is 11.4 Å². The van der Waals surface area contributed by atoms with E-state index in [0.29, 0.717) is 10.6 Å². The van der Waals surface area contributed by atoms with Crippen molar-refractivity contribution >= 4 is 43.9 Å². The molecule has 8 nitrogen and oxygen atoms in total. The van der Waals surface area contributed by atoms with Crippen LogP contribution < -0.4 is 4.83 Å². The van der Waals surface area contributed by atoms with Crippen molar-refractivity contribution in [3.63, 3.8) is 0 Å². The van der Waals surface area contributed by atoms with Crippen LogP contribution in [0.5, 0.6) is 0 Å². The third-order valence-electron chi connectivity index (χ3n) is 3.09. The number of benzene rings is 1. The van der Waals surface area contributed by atoms with Crippen LogP contribution in [0.15, 0.2) is 40.9 Å². The zero-order chi connectivity index (χ0) is 17.3. The number of hydrazone groups is 1. The van der Waals surface area contributed by atoms with Gasteiger partial charge in [-0.3, -0.25) is 0 Å². The van der Waals surface area contributed by atoms with E-state index in [1.807, 2.05) is 24.3 Å². The zero-order valence-electron chi connectivity index (χ0n) is 12.3. The van der Waals surface area contributed by atoms with E-state index < -0.39 is 16.0 Å². The summed E-state index contributed by atoms with van der Waals surface area (Å²) < 4.78 is 22.8. The lowest BCUT2D eigenvalue weighted by Gasteiger charge is -2.03. The number of sulfonamides is 1. The van der Waals surface area contributed by atoms with Crippen molar-refractivity contribution in [3.05, 3.63) is 52.1 Å². The number of carboxylic acids is 1. The molecule has 1 aromatic carbocycles. The second-order valence-electron chi connectivity index (χ2n) is 4.91. The Morgan fingerprint density at radius 2 is 2.12 bits per heavy atom. The van der Waals surface area contributed by atoms with Crippen molar-refractivity contribution < 1.29 is 18.3 Å². The summed E-state index contributed by atoms with van der Waals surface area (Å²) in [6.45, 7) is 0. The Morgan fingerprint density at radius 3 is 2.79 bits per heavy atom. The molecule has 0 unspecified atom stereocenters. The number of fused-ring (bicyclic) bond motifs is 1. The fourth-order valence-electron chi connectivity index (χ4n) is 2.10. The number of carboxylic acid groups (broad SMARTS) is 1. The van der Waals surface area contributed by atoms with Crippen molar-refractivity contribution in [1.82, 2.24) is 14.8 Å². The monoisotopic (exact) mass is 364 g/mol. The topological polar surface area (TPSA) is 125 Å². The van der Waals surface area contributed by atoms with Crippen LogP contribution in [0, 0.1) is 0 Å². The van der Waals surface area contributed by atoms with E-state index in [1.54, 1.807) is 6.20 Å². The molecular weight excluding hydrogens is 352 g/mol. The Bertz CT molecular complexity index is 1050. The first-order valence-electron chi connectivity index (χ1n) is 6.65. The number of aromatic amines is 1. The van der Waals surface area contributed by atoms with Gasteiger partial charge in [-0.05, 0) is 6.07 Å². The third kappa shape index (κ3) is 3.29. The van der Waals surface area contributed by atoms with Gasteiger partial charge in [-0.1, -0.05) is 18.2 Å². The van der Waals surface area contributed by atoms with Gasteiger partial charge in [-0.15, -0.1) is 11.3 Å². The first-order chi connectivity index (χ1) is 11.3. The van der Waals surface area contributed by atoms with Gasteiger partial charge in [-0.25, -0.2) is 23.0 Å². The first-order valence-corrected chi connectivity index (χ1v) is 9.42. The van der Waals surface area contributed by atoms with Gasteiger partial charge < -0.3 is 10.1 Å². The predicted octanol–water partition coefficient (Wildman–Crippen LogP) is 1.62. The van der Waals surface area contributed by atoms with Gasteiger partial charge >= 0.3 is 5.97 Å². The van der Waals surface area contributed by atoms with E-state index in [4.69, 9.17) is 5.11 Å². The quantitative estimate of drug-likeness (QED) is 0.469. The lowest BCUT2D eigenvalue weighted by molar-refractivity contribution is 0.0691. The zero-order valence-corrected chi connectivity index (χ0v) is 14.0. The Balaban J connectivity index is 2.16. The van der Waals surface area contributed by atoms with Gasteiger partial charge in [0.2, 0.25) is 10.0 Å². The molecule has 0 bridgehead atoms. The van der Waals surface area contributed by atoms with Crippen LogP contribution in [-0.4, -0.2) is 41.4 Å². The molecule has 0 aliphatic heterocycles. The minimum atomic E-state index is -3.57. The molecule has 0 saturated heterocycles. The van der Waals surface area contributed by atoms with E-state index in [2.05, 4.69) is 19.9 Å². The molecule has 24 heavy (non-hydrogen) atoms. The van der Waals surface area contributed by atoms with Crippen LogP contribution in [0.2, 0.25) is 0 Å². The smallest absolute Gasteiger partial charge is 0.355 e. The van der Waals surface area contributed by atoms with Gasteiger partial charge in [0.15, 0.2) is 5.69 Å². The molecule has 0 spiro atoms. The molecule has 3 rings (SSSR count). The van der Waals surface area contributed by atoms with Crippen LogP contribution in [0.3, 0.4) is 0 Å². The number of carbonyl (C=O) groups is 1. The van der Waals surface area contributed by atoms with E-state index in [1.165, 1.54) is 5.38 Å². The number of rotatable bonds is 5. The number of aromatic nitrogens is 2. The molecule has 0 radical (unpaired) electrons. The number of H-pyrrole nitrogens is 1. The molecule has 0 fully saturated rings. The van der Waals surface area contributed by atoms with Crippen LogP contribution in [0.4, 0.5) is 0 Å². The molecular formula is C14H12N4O4S2. The largest absolute Gasteiger partial charge is 0.476 e. The fraction of sp³-hybridized carbons (Fsp3) is 0.0714. The lowest BCUT2D eigenvalue weighted by Crippen LogP contribution is -2.19. The van der Waals surface area contributed by atoms with Gasteiger partial charge in [0.1, 0.15) is 10.7 Å². The van der Waals surface area contributed by atoms with E-state index >= 15 is 0 Å². The SMILES string of the molecule is CS(=O)(=O)N/N=C(\c1nc(C(=O)O)cs1)c1c[nH]c2ccccc12. The second-order valence-corrected chi connectivity index (χ2v) is 7.50. The highest BCUT2D eigenvalue weighted by molar-refractivity contribution is 7.88. The summed E-state index contributed by atoms with van der Waals surface area (Å²) >= 11 is 1.07. The maximum atomic E-state index is 11.4. The maximum Gasteiger partial charge on any atom is 0.355 e. The highest BCUT2D eigenvalue weighted by Gasteiger charge is 2.18. The van der Waals surface area contributed by atoms with Gasteiger partial charge in [0.05, 0.1) is 6.26 Å². The Kier molecular flexibility index (Phi) is 4.08. The number of nitrogens with zero attached hydrogens (tertiary/aromatic N) is 2. The number of hydrogen-bond acceptors (Lipinski definition) is 6. The van der Waals surface area contributed by atoms with E-state index in [0.717, 1.165) is 28.5 Å². The first kappa shape index (κ1) is 16.1. The molecule has 2 heterocycles. The number of thiazole rings is 1. The van der Waals surface area contributed by atoms with E-state index in [9.17, 15) is 13.2 Å². The minimum absolute atomic E-state index is 0.123. The van der Waals surface area contributed by atoms with Crippen molar-refractivity contribution in [2.24, 2.45) is 5.10 Å². The summed E-state index contributed by atoms with van der Waals surface area (Å²) in [6.07, 6.45) is 2.66. The summed E-state index contributed by atoms with van der Waals surface area (Å²) in [5.41, 5.74) is 1.58. The molecule has 124 valence electrons.